The van der Waals surface area contributed by atoms with Crippen LogP contribution in [0.15, 0.2) is 30.3 Å². The Morgan fingerprint density at radius 2 is 1.43 bits per heavy atom. The number of carbonyl (C=O) groups is 3. The van der Waals surface area contributed by atoms with Gasteiger partial charge in [-0.3, -0.25) is 14.4 Å². The molecule has 1 heterocycles. The Labute approximate surface area is 172 Å². The van der Waals surface area contributed by atoms with Crippen LogP contribution in [0, 0.1) is 0 Å². The van der Waals surface area contributed by atoms with Crippen LogP contribution in [-0.2, 0) is 39.1 Å². The van der Waals surface area contributed by atoms with Gasteiger partial charge in [-0.1, -0.05) is 51.9 Å². The van der Waals surface area contributed by atoms with E-state index in [0.29, 0.717) is 0 Å². The molecule has 28 heavy (non-hydrogen) atoms. The van der Waals surface area contributed by atoms with Gasteiger partial charge < -0.3 is 18.9 Å². The van der Waals surface area contributed by atoms with Crippen molar-refractivity contribution >= 4 is 39.5 Å². The number of rotatable bonds is 7. The second-order valence-electron chi connectivity index (χ2n) is 6.28. The topological polar surface area (TPSA) is 88.1 Å². The van der Waals surface area contributed by atoms with E-state index in [9.17, 15) is 14.4 Å². The molecule has 2 rings (SSSR count). The number of carbonyl (C=O) groups excluding carboxylic acids is 3. The molecule has 0 saturated carbocycles. The minimum atomic E-state index is -0.955. The zero-order valence-corrected chi connectivity index (χ0v) is 17.8. The van der Waals surface area contributed by atoms with E-state index in [0.717, 1.165) is 11.3 Å². The molecule has 1 saturated heterocycles. The van der Waals surface area contributed by atoms with E-state index in [-0.39, 0.29) is 0 Å². The van der Waals surface area contributed by atoms with E-state index >= 15 is 0 Å². The van der Waals surface area contributed by atoms with Crippen molar-refractivity contribution in [1.82, 2.24) is 0 Å². The molecule has 1 fully saturated rings. The van der Waals surface area contributed by atoms with Crippen LogP contribution in [0.3, 0.4) is 0 Å². The zero-order chi connectivity index (χ0) is 20.7. The number of hydrogen-bond acceptors (Lipinski definition) is 9. The van der Waals surface area contributed by atoms with E-state index in [2.05, 4.69) is 0 Å². The van der Waals surface area contributed by atoms with Crippen molar-refractivity contribution in [1.29, 1.82) is 0 Å². The Morgan fingerprint density at radius 3 is 2.00 bits per heavy atom. The van der Waals surface area contributed by atoms with Crippen molar-refractivity contribution in [2.24, 2.45) is 0 Å². The first-order valence-corrected chi connectivity index (χ1v) is 11.2. The van der Waals surface area contributed by atoms with Gasteiger partial charge in [-0.15, -0.1) is 0 Å². The molecule has 0 N–H and O–H groups in total. The fourth-order valence-corrected chi connectivity index (χ4v) is 5.34. The molecule has 0 spiro atoms. The van der Waals surface area contributed by atoms with Crippen LogP contribution in [0.4, 0.5) is 0 Å². The van der Waals surface area contributed by atoms with Crippen LogP contribution in [0.1, 0.15) is 33.3 Å². The van der Waals surface area contributed by atoms with Crippen molar-refractivity contribution in [3.8, 4) is 0 Å². The quantitative estimate of drug-likeness (QED) is 0.369. The van der Waals surface area contributed by atoms with E-state index in [4.69, 9.17) is 18.9 Å². The van der Waals surface area contributed by atoms with Gasteiger partial charge >= 0.3 is 17.9 Å². The molecule has 5 atom stereocenters. The molecule has 7 nitrogen and oxygen atoms in total. The van der Waals surface area contributed by atoms with Crippen LogP contribution < -0.4 is 0 Å². The maximum Gasteiger partial charge on any atom is 0.303 e. The van der Waals surface area contributed by atoms with Crippen molar-refractivity contribution in [2.75, 3.05) is 0 Å². The summed E-state index contributed by atoms with van der Waals surface area (Å²) in [7, 11) is 2.92. The van der Waals surface area contributed by atoms with E-state index < -0.39 is 47.8 Å². The fourth-order valence-electron chi connectivity index (χ4n) is 2.79. The Morgan fingerprint density at radius 1 is 0.893 bits per heavy atom. The molecular formula is C19H24O7S2. The minimum absolute atomic E-state index is 0.538. The summed E-state index contributed by atoms with van der Waals surface area (Å²) in [6, 6.07) is 9.90. The fraction of sp³-hybridized carbons (Fsp3) is 0.526. The van der Waals surface area contributed by atoms with Crippen molar-refractivity contribution in [2.45, 2.75) is 63.3 Å². The van der Waals surface area contributed by atoms with Crippen molar-refractivity contribution in [3.63, 3.8) is 0 Å². The van der Waals surface area contributed by atoms with Gasteiger partial charge in [-0.25, -0.2) is 0 Å². The largest absolute Gasteiger partial charge is 0.456 e. The molecule has 1 aromatic carbocycles. The lowest BCUT2D eigenvalue weighted by Gasteiger charge is -2.43. The molecule has 1 aromatic rings. The van der Waals surface area contributed by atoms with Gasteiger partial charge in [0.25, 0.3) is 0 Å². The molecule has 9 heteroatoms. The first-order chi connectivity index (χ1) is 13.3. The van der Waals surface area contributed by atoms with Gasteiger partial charge in [0.15, 0.2) is 23.7 Å². The Kier molecular flexibility index (Phi) is 8.65. The van der Waals surface area contributed by atoms with Gasteiger partial charge in [0.1, 0.15) is 0 Å². The zero-order valence-electron chi connectivity index (χ0n) is 16.2. The highest BCUT2D eigenvalue weighted by molar-refractivity contribution is 8.76. The summed E-state index contributed by atoms with van der Waals surface area (Å²) in [5, 5.41) is 0. The highest BCUT2D eigenvalue weighted by atomic mass is 33.1. The number of ether oxygens (including phenoxy) is 4. The standard InChI is InChI=1S/C19H24O7S2/c1-11-16(24-12(2)20)17(25-13(3)21)18(26-14(4)22)19(23-11)28-27-10-15-8-6-5-7-9-15/h5-9,11,16-19H,10H2,1-4H3/t11-,16-,17+,18+,19-/m0/s1. The third-order valence-corrected chi connectivity index (χ3v) is 6.35. The average molecular weight is 429 g/mol. The summed E-state index contributed by atoms with van der Waals surface area (Å²) in [5.41, 5.74) is 0.547. The number of benzene rings is 1. The maximum atomic E-state index is 11.7. The maximum absolute atomic E-state index is 11.7. The number of esters is 3. The van der Waals surface area contributed by atoms with Gasteiger partial charge in [-0.2, -0.15) is 0 Å². The van der Waals surface area contributed by atoms with Crippen molar-refractivity contribution < 1.29 is 33.3 Å². The lowest BCUT2D eigenvalue weighted by molar-refractivity contribution is -0.228. The molecule has 1 aliphatic heterocycles. The van der Waals surface area contributed by atoms with E-state index in [1.807, 2.05) is 30.3 Å². The summed E-state index contributed by atoms with van der Waals surface area (Å²) >= 11 is 0. The second-order valence-corrected chi connectivity index (χ2v) is 8.74. The summed E-state index contributed by atoms with van der Waals surface area (Å²) in [6.07, 6.45) is -3.28. The summed E-state index contributed by atoms with van der Waals surface area (Å²) in [4.78, 5) is 34.8. The molecule has 1 aliphatic rings. The molecule has 0 unspecified atom stereocenters. The van der Waals surface area contributed by atoms with Crippen LogP contribution >= 0.6 is 21.6 Å². The third kappa shape index (κ3) is 6.72. The molecule has 0 aromatic heterocycles. The van der Waals surface area contributed by atoms with Gasteiger partial charge in [0, 0.05) is 26.5 Å². The predicted molar refractivity (Wildman–Crippen MR) is 106 cm³/mol. The van der Waals surface area contributed by atoms with E-state index in [1.165, 1.54) is 42.4 Å². The smallest absolute Gasteiger partial charge is 0.303 e. The molecule has 0 aliphatic carbocycles. The van der Waals surface area contributed by atoms with Crippen LogP contribution in [-0.4, -0.2) is 47.8 Å². The third-order valence-electron chi connectivity index (χ3n) is 3.86. The first kappa shape index (κ1) is 22.6. The molecule has 0 radical (unpaired) electrons. The summed E-state index contributed by atoms with van der Waals surface area (Å²) in [5.74, 6) is -0.920. The predicted octanol–water partition coefficient (Wildman–Crippen LogP) is 3.11. The van der Waals surface area contributed by atoms with Crippen molar-refractivity contribution in [3.05, 3.63) is 35.9 Å². The molecular weight excluding hydrogens is 404 g/mol. The minimum Gasteiger partial charge on any atom is -0.456 e. The van der Waals surface area contributed by atoms with Gasteiger partial charge in [-0.05, 0) is 12.5 Å². The molecule has 0 bridgehead atoms. The summed E-state index contributed by atoms with van der Waals surface area (Å²) in [6.45, 7) is 5.50. The Balaban J connectivity index is 2.16. The first-order valence-electron chi connectivity index (χ1n) is 8.77. The highest BCUT2D eigenvalue weighted by Gasteiger charge is 2.50. The summed E-state index contributed by atoms with van der Waals surface area (Å²) < 4.78 is 22.1. The monoisotopic (exact) mass is 428 g/mol. The van der Waals surface area contributed by atoms with Crippen LogP contribution in [0.2, 0.25) is 0 Å². The Bertz CT molecular complexity index is 682. The molecule has 0 amide bonds. The normalized spacial score (nSPS) is 26.9. The van der Waals surface area contributed by atoms with Crippen LogP contribution in [0.25, 0.3) is 0 Å². The van der Waals surface area contributed by atoms with E-state index in [1.54, 1.807) is 6.92 Å². The Hall–Kier alpha value is -1.71. The number of hydrogen-bond donors (Lipinski definition) is 0. The average Bonchev–Trinajstić information content (AvgIpc) is 2.61. The highest BCUT2D eigenvalue weighted by Crippen LogP contribution is 2.40. The van der Waals surface area contributed by atoms with Crippen LogP contribution in [0.5, 0.6) is 0 Å². The lowest BCUT2D eigenvalue weighted by Crippen LogP contribution is -2.59. The second kappa shape index (κ2) is 10.7. The van der Waals surface area contributed by atoms with Gasteiger partial charge in [0.05, 0.1) is 6.10 Å². The SMILES string of the molecule is CC(=O)O[C@@H]1[C@@H](OC(C)=O)[C@H](C)O[C@@H](SSCc2ccccc2)[C@@H]1OC(C)=O. The van der Waals surface area contributed by atoms with Gasteiger partial charge in [0.2, 0.25) is 0 Å². The molecule has 154 valence electrons. The lowest BCUT2D eigenvalue weighted by atomic mass is 10.00.